The monoisotopic (exact) mass is 345 g/mol. The summed E-state index contributed by atoms with van der Waals surface area (Å²) in [6, 6.07) is 7.86. The van der Waals surface area contributed by atoms with Crippen LogP contribution in [0.5, 0.6) is 0 Å². The normalized spacial score (nSPS) is 17.7. The third-order valence-corrected chi connectivity index (χ3v) is 6.56. The molecule has 0 spiro atoms. The highest BCUT2D eigenvalue weighted by Crippen LogP contribution is 2.28. The minimum atomic E-state index is -3.10. The Kier molecular flexibility index (Phi) is 3.73. The van der Waals surface area contributed by atoms with Gasteiger partial charge in [0.05, 0.1) is 11.3 Å². The zero-order valence-corrected chi connectivity index (χ0v) is 14.3. The van der Waals surface area contributed by atoms with Gasteiger partial charge in [-0.05, 0) is 31.9 Å². The molecule has 1 aromatic carbocycles. The highest BCUT2D eigenvalue weighted by atomic mass is 32.2. The molecule has 1 aliphatic rings. The predicted octanol–water partition coefficient (Wildman–Crippen LogP) is 1.81. The van der Waals surface area contributed by atoms with Crippen molar-refractivity contribution in [3.05, 3.63) is 36.4 Å². The van der Waals surface area contributed by atoms with Crippen LogP contribution in [0.4, 0.5) is 0 Å². The van der Waals surface area contributed by atoms with Gasteiger partial charge >= 0.3 is 0 Å². The zero-order valence-electron chi connectivity index (χ0n) is 13.5. The number of benzene rings is 1. The third-order valence-electron chi connectivity index (χ3n) is 4.68. The van der Waals surface area contributed by atoms with Crippen molar-refractivity contribution in [3.63, 3.8) is 0 Å². The molecule has 0 aliphatic carbocycles. The number of piperidine rings is 1. The number of aromatic nitrogens is 4. The second kappa shape index (κ2) is 5.78. The van der Waals surface area contributed by atoms with Crippen LogP contribution < -0.4 is 0 Å². The van der Waals surface area contributed by atoms with Gasteiger partial charge in [-0.3, -0.25) is 0 Å². The Labute approximate surface area is 140 Å². The van der Waals surface area contributed by atoms with Gasteiger partial charge in [-0.15, -0.1) is 5.10 Å². The molecule has 1 saturated heterocycles. The van der Waals surface area contributed by atoms with Crippen LogP contribution in [0, 0.1) is 0 Å². The average Bonchev–Trinajstić information content (AvgIpc) is 3.06. The molecule has 0 atom stereocenters. The van der Waals surface area contributed by atoms with E-state index in [2.05, 4.69) is 10.1 Å². The van der Waals surface area contributed by atoms with E-state index in [1.165, 1.54) is 0 Å². The molecule has 1 aliphatic heterocycles. The molecule has 3 heterocycles. The maximum Gasteiger partial charge on any atom is 0.213 e. The van der Waals surface area contributed by atoms with Crippen molar-refractivity contribution >= 4 is 26.6 Å². The minimum absolute atomic E-state index is 0.155. The first-order chi connectivity index (χ1) is 11.6. The van der Waals surface area contributed by atoms with Crippen LogP contribution in [0.3, 0.4) is 0 Å². The van der Waals surface area contributed by atoms with E-state index >= 15 is 0 Å². The van der Waals surface area contributed by atoms with Crippen LogP contribution in [-0.4, -0.2) is 51.1 Å². The molecule has 0 bridgehead atoms. The number of fused-ring (bicyclic) bond motifs is 3. The largest absolute Gasteiger partial charge is 0.236 e. The fourth-order valence-corrected chi connectivity index (χ4v) is 4.38. The Morgan fingerprint density at radius 2 is 1.96 bits per heavy atom. The third kappa shape index (κ3) is 2.55. The van der Waals surface area contributed by atoms with Crippen LogP contribution in [0.25, 0.3) is 16.6 Å². The topological polar surface area (TPSA) is 80.5 Å². The van der Waals surface area contributed by atoms with Crippen molar-refractivity contribution in [2.45, 2.75) is 25.7 Å². The maximum absolute atomic E-state index is 12.0. The van der Waals surface area contributed by atoms with Crippen LogP contribution in [0.15, 0.2) is 30.6 Å². The van der Waals surface area contributed by atoms with Gasteiger partial charge in [-0.1, -0.05) is 12.1 Å². The van der Waals surface area contributed by atoms with E-state index in [1.54, 1.807) is 22.1 Å². The SMILES string of the molecule is CCS(=O)(=O)N1CCC(c2nc3c4ccccc4ncn3n2)CC1. The molecule has 3 aromatic rings. The van der Waals surface area contributed by atoms with Gasteiger partial charge in [-0.25, -0.2) is 27.2 Å². The lowest BCUT2D eigenvalue weighted by atomic mass is 9.98. The summed E-state index contributed by atoms with van der Waals surface area (Å²) in [5.74, 6) is 1.12. The van der Waals surface area contributed by atoms with Gasteiger partial charge in [-0.2, -0.15) is 0 Å². The maximum atomic E-state index is 12.0. The Balaban J connectivity index is 1.63. The summed E-state index contributed by atoms with van der Waals surface area (Å²) in [6.07, 6.45) is 3.19. The number of hydrogen-bond acceptors (Lipinski definition) is 5. The lowest BCUT2D eigenvalue weighted by molar-refractivity contribution is 0.314. The number of nitrogens with zero attached hydrogens (tertiary/aromatic N) is 5. The van der Waals surface area contributed by atoms with E-state index in [0.717, 1.165) is 35.2 Å². The molecule has 126 valence electrons. The first-order valence-electron chi connectivity index (χ1n) is 8.16. The van der Waals surface area contributed by atoms with Crippen LogP contribution >= 0.6 is 0 Å². The molecule has 1 fully saturated rings. The molecule has 0 unspecified atom stereocenters. The molecule has 24 heavy (non-hydrogen) atoms. The Morgan fingerprint density at radius 1 is 1.21 bits per heavy atom. The smallest absolute Gasteiger partial charge is 0.213 e. The van der Waals surface area contributed by atoms with E-state index in [4.69, 9.17) is 4.98 Å². The highest BCUT2D eigenvalue weighted by molar-refractivity contribution is 7.89. The summed E-state index contributed by atoms with van der Waals surface area (Å²) >= 11 is 0. The van der Waals surface area contributed by atoms with Crippen molar-refractivity contribution in [3.8, 4) is 0 Å². The molecule has 8 heteroatoms. The second-order valence-electron chi connectivity index (χ2n) is 6.07. The van der Waals surface area contributed by atoms with Gasteiger partial charge in [0.1, 0.15) is 6.33 Å². The lowest BCUT2D eigenvalue weighted by Gasteiger charge is -2.29. The second-order valence-corrected chi connectivity index (χ2v) is 8.33. The van der Waals surface area contributed by atoms with Crippen molar-refractivity contribution in [1.82, 2.24) is 23.9 Å². The van der Waals surface area contributed by atoms with E-state index in [0.29, 0.717) is 13.1 Å². The fraction of sp³-hybridized carbons (Fsp3) is 0.438. The molecule has 0 saturated carbocycles. The van der Waals surface area contributed by atoms with Crippen LogP contribution in [-0.2, 0) is 10.0 Å². The summed E-state index contributed by atoms with van der Waals surface area (Å²) in [4.78, 5) is 9.11. The molecule has 4 rings (SSSR count). The first-order valence-corrected chi connectivity index (χ1v) is 9.77. The quantitative estimate of drug-likeness (QED) is 0.723. The van der Waals surface area contributed by atoms with Gasteiger partial charge in [0.15, 0.2) is 11.5 Å². The van der Waals surface area contributed by atoms with E-state index in [1.807, 2.05) is 24.3 Å². The number of para-hydroxylation sites is 1. The molecular formula is C16H19N5O2S. The summed E-state index contributed by atoms with van der Waals surface area (Å²) in [5.41, 5.74) is 1.70. The molecule has 0 N–H and O–H groups in total. The molecule has 0 amide bonds. The van der Waals surface area contributed by atoms with E-state index in [-0.39, 0.29) is 11.7 Å². The molecular weight excluding hydrogens is 326 g/mol. The minimum Gasteiger partial charge on any atom is -0.236 e. The van der Waals surface area contributed by atoms with E-state index < -0.39 is 10.0 Å². The standard InChI is InChI=1S/C16H19N5O2S/c1-2-24(22,23)20-9-7-12(8-10-20)15-18-16-13-5-3-4-6-14(13)17-11-21(16)19-15/h3-6,11-12H,2,7-10H2,1H3. The predicted molar refractivity (Wildman–Crippen MR) is 91.3 cm³/mol. The van der Waals surface area contributed by atoms with Crippen molar-refractivity contribution in [2.75, 3.05) is 18.8 Å². The fourth-order valence-electron chi connectivity index (χ4n) is 3.24. The van der Waals surface area contributed by atoms with Gasteiger partial charge < -0.3 is 0 Å². The summed E-state index contributed by atoms with van der Waals surface area (Å²) in [6.45, 7) is 2.76. The number of sulfonamides is 1. The zero-order chi connectivity index (χ0) is 16.7. The number of rotatable bonds is 3. The van der Waals surface area contributed by atoms with Crippen LogP contribution in [0.1, 0.15) is 31.5 Å². The highest BCUT2D eigenvalue weighted by Gasteiger charge is 2.29. The Morgan fingerprint density at radius 3 is 2.71 bits per heavy atom. The van der Waals surface area contributed by atoms with Crippen LogP contribution in [0.2, 0.25) is 0 Å². The Hall–Kier alpha value is -2.06. The van der Waals surface area contributed by atoms with Gasteiger partial charge in [0.25, 0.3) is 0 Å². The first kappa shape index (κ1) is 15.5. The van der Waals surface area contributed by atoms with E-state index in [9.17, 15) is 8.42 Å². The van der Waals surface area contributed by atoms with Gasteiger partial charge in [0, 0.05) is 24.4 Å². The van der Waals surface area contributed by atoms with Crippen molar-refractivity contribution in [2.24, 2.45) is 0 Å². The summed E-state index contributed by atoms with van der Waals surface area (Å²) in [7, 11) is -3.10. The van der Waals surface area contributed by atoms with Crippen molar-refractivity contribution in [1.29, 1.82) is 0 Å². The Bertz CT molecular complexity index is 990. The van der Waals surface area contributed by atoms with Gasteiger partial charge in [0.2, 0.25) is 10.0 Å². The summed E-state index contributed by atoms with van der Waals surface area (Å²) in [5, 5.41) is 5.55. The summed E-state index contributed by atoms with van der Waals surface area (Å²) < 4.78 is 27.2. The molecule has 2 aromatic heterocycles. The van der Waals surface area contributed by atoms with Crippen molar-refractivity contribution < 1.29 is 8.42 Å². The molecule has 7 nitrogen and oxygen atoms in total. The molecule has 0 radical (unpaired) electrons. The number of hydrogen-bond donors (Lipinski definition) is 0. The lowest BCUT2D eigenvalue weighted by Crippen LogP contribution is -2.38. The average molecular weight is 345 g/mol.